The van der Waals surface area contributed by atoms with Gasteiger partial charge < -0.3 is 10.0 Å². The molecule has 3 heteroatoms. The molecule has 1 heterocycles. The minimum Gasteiger partial charge on any atom is -0.478 e. The molecule has 1 N–H and O–H groups in total. The van der Waals surface area contributed by atoms with Crippen LogP contribution >= 0.6 is 0 Å². The second-order valence-corrected chi connectivity index (χ2v) is 5.53. The number of benzene rings is 1. The topological polar surface area (TPSA) is 40.5 Å². The minimum absolute atomic E-state index is 0.355. The number of hydrogen-bond donors (Lipinski definition) is 1. The second kappa shape index (κ2) is 4.72. The first kappa shape index (κ1) is 12.3. The van der Waals surface area contributed by atoms with Crippen LogP contribution < -0.4 is 4.90 Å². The smallest absolute Gasteiger partial charge is 0.335 e. The molecule has 0 saturated carbocycles. The summed E-state index contributed by atoms with van der Waals surface area (Å²) < 4.78 is 0. The molecule has 3 nitrogen and oxygen atoms in total. The summed E-state index contributed by atoms with van der Waals surface area (Å²) in [5, 5.41) is 8.96. The molecule has 0 radical (unpaired) electrons. The Morgan fingerprint density at radius 2 is 1.89 bits per heavy atom. The van der Waals surface area contributed by atoms with E-state index in [9.17, 15) is 4.79 Å². The normalized spacial score (nSPS) is 22.6. The van der Waals surface area contributed by atoms with Gasteiger partial charge in [0.2, 0.25) is 0 Å². The Balaban J connectivity index is 1.92. The van der Waals surface area contributed by atoms with Gasteiger partial charge in [0.05, 0.1) is 5.56 Å². The Labute approximate surface area is 113 Å². The first-order valence-corrected chi connectivity index (χ1v) is 7.00. The molecule has 2 aliphatic rings. The lowest BCUT2D eigenvalue weighted by Crippen LogP contribution is -2.27. The SMILES string of the molecule is CC1CC2=C(CCCC2)N1c1ccc(C(=O)O)cc1. The number of nitrogens with zero attached hydrogens (tertiary/aromatic N) is 1. The van der Waals surface area contributed by atoms with E-state index in [4.69, 9.17) is 5.11 Å². The van der Waals surface area contributed by atoms with Crippen molar-refractivity contribution in [3.05, 3.63) is 41.1 Å². The Bertz CT molecular complexity index is 530. The zero-order valence-electron chi connectivity index (χ0n) is 11.2. The molecule has 100 valence electrons. The van der Waals surface area contributed by atoms with E-state index >= 15 is 0 Å². The number of rotatable bonds is 2. The maximum absolute atomic E-state index is 10.9. The zero-order valence-corrected chi connectivity index (χ0v) is 11.2. The molecule has 0 spiro atoms. The van der Waals surface area contributed by atoms with E-state index in [1.165, 1.54) is 31.4 Å². The van der Waals surface area contributed by atoms with Gasteiger partial charge >= 0.3 is 5.97 Å². The van der Waals surface area contributed by atoms with Gasteiger partial charge in [-0.1, -0.05) is 0 Å². The van der Waals surface area contributed by atoms with Crippen LogP contribution in [0.2, 0.25) is 0 Å². The third kappa shape index (κ3) is 2.14. The van der Waals surface area contributed by atoms with Crippen molar-refractivity contribution >= 4 is 11.7 Å². The first-order chi connectivity index (χ1) is 9.16. The first-order valence-electron chi connectivity index (χ1n) is 7.00. The van der Waals surface area contributed by atoms with Crippen LogP contribution in [0.4, 0.5) is 5.69 Å². The molecule has 0 bridgehead atoms. The average Bonchev–Trinajstić information content (AvgIpc) is 2.74. The Morgan fingerprint density at radius 3 is 2.58 bits per heavy atom. The van der Waals surface area contributed by atoms with Gasteiger partial charge in [0.15, 0.2) is 0 Å². The summed E-state index contributed by atoms with van der Waals surface area (Å²) in [6.45, 7) is 2.25. The highest BCUT2D eigenvalue weighted by Crippen LogP contribution is 2.40. The number of carboxylic acids is 1. The van der Waals surface area contributed by atoms with Gasteiger partial charge in [-0.2, -0.15) is 0 Å². The van der Waals surface area contributed by atoms with Crippen molar-refractivity contribution in [2.45, 2.75) is 45.1 Å². The fourth-order valence-corrected chi connectivity index (χ4v) is 3.35. The molecule has 1 atom stereocenters. The van der Waals surface area contributed by atoms with Crippen molar-refractivity contribution in [1.29, 1.82) is 0 Å². The van der Waals surface area contributed by atoms with Crippen LogP contribution in [0.15, 0.2) is 35.5 Å². The lowest BCUT2D eigenvalue weighted by molar-refractivity contribution is 0.0697. The quantitative estimate of drug-likeness (QED) is 0.875. The van der Waals surface area contributed by atoms with Crippen molar-refractivity contribution < 1.29 is 9.90 Å². The van der Waals surface area contributed by atoms with Gasteiger partial charge in [-0.15, -0.1) is 0 Å². The number of hydrogen-bond acceptors (Lipinski definition) is 2. The molecule has 1 aromatic rings. The summed E-state index contributed by atoms with van der Waals surface area (Å²) in [4.78, 5) is 13.3. The van der Waals surface area contributed by atoms with Gasteiger partial charge in [0, 0.05) is 17.4 Å². The third-order valence-corrected chi connectivity index (χ3v) is 4.22. The third-order valence-electron chi connectivity index (χ3n) is 4.22. The van der Waals surface area contributed by atoms with Crippen molar-refractivity contribution in [1.82, 2.24) is 0 Å². The molecule has 3 rings (SSSR count). The fourth-order valence-electron chi connectivity index (χ4n) is 3.35. The molecule has 1 aliphatic carbocycles. The van der Waals surface area contributed by atoms with Crippen molar-refractivity contribution in [2.24, 2.45) is 0 Å². The lowest BCUT2D eigenvalue weighted by Gasteiger charge is -2.29. The second-order valence-electron chi connectivity index (χ2n) is 5.53. The maximum Gasteiger partial charge on any atom is 0.335 e. The van der Waals surface area contributed by atoms with Gasteiger partial charge in [-0.25, -0.2) is 4.79 Å². The van der Waals surface area contributed by atoms with E-state index in [-0.39, 0.29) is 0 Å². The summed E-state index contributed by atoms with van der Waals surface area (Å²) in [6.07, 6.45) is 6.16. The molecule has 1 aliphatic heterocycles. The fraction of sp³-hybridized carbons (Fsp3) is 0.438. The van der Waals surface area contributed by atoms with Crippen LogP contribution in [-0.2, 0) is 0 Å². The average molecular weight is 257 g/mol. The van der Waals surface area contributed by atoms with Gasteiger partial charge in [-0.05, 0) is 68.9 Å². The summed E-state index contributed by atoms with van der Waals surface area (Å²) in [5.41, 5.74) is 4.58. The van der Waals surface area contributed by atoms with E-state index in [0.29, 0.717) is 11.6 Å². The minimum atomic E-state index is -0.862. The highest BCUT2D eigenvalue weighted by Gasteiger charge is 2.30. The Hall–Kier alpha value is -1.77. The summed E-state index contributed by atoms with van der Waals surface area (Å²) >= 11 is 0. The van der Waals surface area contributed by atoms with E-state index in [2.05, 4.69) is 11.8 Å². The molecule has 1 aromatic carbocycles. The monoisotopic (exact) mass is 257 g/mol. The molecule has 19 heavy (non-hydrogen) atoms. The Kier molecular flexibility index (Phi) is 3.05. The molecule has 0 amide bonds. The number of carboxylic acid groups (broad SMARTS) is 1. The number of carbonyl (C=O) groups is 1. The van der Waals surface area contributed by atoms with Crippen LogP contribution in [-0.4, -0.2) is 17.1 Å². The highest BCUT2D eigenvalue weighted by atomic mass is 16.4. The van der Waals surface area contributed by atoms with Gasteiger partial charge in [0.25, 0.3) is 0 Å². The van der Waals surface area contributed by atoms with E-state index < -0.39 is 5.97 Å². The van der Waals surface area contributed by atoms with Crippen molar-refractivity contribution in [3.8, 4) is 0 Å². The highest BCUT2D eigenvalue weighted by molar-refractivity contribution is 5.88. The maximum atomic E-state index is 10.9. The van der Waals surface area contributed by atoms with Crippen LogP contribution in [0.25, 0.3) is 0 Å². The molecular formula is C16H19NO2. The van der Waals surface area contributed by atoms with Crippen LogP contribution in [0.5, 0.6) is 0 Å². The summed E-state index contributed by atoms with van der Waals surface area (Å²) in [5.74, 6) is -0.862. The molecule has 0 fully saturated rings. The zero-order chi connectivity index (χ0) is 13.4. The predicted molar refractivity (Wildman–Crippen MR) is 75.5 cm³/mol. The predicted octanol–water partition coefficient (Wildman–Crippen LogP) is 3.81. The van der Waals surface area contributed by atoms with E-state index in [0.717, 1.165) is 12.1 Å². The number of anilines is 1. The largest absolute Gasteiger partial charge is 0.478 e. The molecule has 0 aromatic heterocycles. The van der Waals surface area contributed by atoms with Crippen LogP contribution in [0.3, 0.4) is 0 Å². The lowest BCUT2D eigenvalue weighted by atomic mass is 9.96. The van der Waals surface area contributed by atoms with Gasteiger partial charge in [0.1, 0.15) is 0 Å². The summed E-state index contributed by atoms with van der Waals surface area (Å²) in [6, 6.07) is 7.77. The Morgan fingerprint density at radius 1 is 1.21 bits per heavy atom. The number of allylic oxidation sites excluding steroid dienone is 1. The molecular weight excluding hydrogens is 238 g/mol. The van der Waals surface area contributed by atoms with Crippen LogP contribution in [0, 0.1) is 0 Å². The van der Waals surface area contributed by atoms with Crippen molar-refractivity contribution in [3.63, 3.8) is 0 Å². The number of aromatic carboxylic acids is 1. The van der Waals surface area contributed by atoms with E-state index in [1.54, 1.807) is 17.7 Å². The molecule has 1 unspecified atom stereocenters. The van der Waals surface area contributed by atoms with E-state index in [1.807, 2.05) is 12.1 Å². The standard InChI is InChI=1S/C16H19NO2/c1-11-10-13-4-2-3-5-15(13)17(11)14-8-6-12(7-9-14)16(18)19/h6-9,11H,2-5,10H2,1H3,(H,18,19). The van der Waals surface area contributed by atoms with Crippen molar-refractivity contribution in [2.75, 3.05) is 4.90 Å². The van der Waals surface area contributed by atoms with Gasteiger partial charge in [-0.3, -0.25) is 0 Å². The molecule has 0 saturated heterocycles. The van der Waals surface area contributed by atoms with Crippen LogP contribution in [0.1, 0.15) is 49.4 Å². The summed E-state index contributed by atoms with van der Waals surface area (Å²) in [7, 11) is 0.